The summed E-state index contributed by atoms with van der Waals surface area (Å²) >= 11 is 9.26. The molecule has 0 aliphatic rings. The maximum atomic E-state index is 12.7. The zero-order chi connectivity index (χ0) is 15.2. The molecule has 2 aromatic carbocycles. The molecular formula is C15H12BrClFNO2. The van der Waals surface area contributed by atoms with Crippen molar-refractivity contribution in [2.45, 2.75) is 6.54 Å². The van der Waals surface area contributed by atoms with Gasteiger partial charge in [0.1, 0.15) is 11.6 Å². The zero-order valence-electron chi connectivity index (χ0n) is 10.9. The summed E-state index contributed by atoms with van der Waals surface area (Å²) in [5.41, 5.74) is 0.812. The lowest BCUT2D eigenvalue weighted by Gasteiger charge is -2.09. The molecule has 0 unspecified atom stereocenters. The number of carbonyl (C=O) groups excluding carboxylic acids is 1. The highest BCUT2D eigenvalue weighted by Gasteiger charge is 2.06. The van der Waals surface area contributed by atoms with Gasteiger partial charge in [-0.25, -0.2) is 4.39 Å². The molecule has 0 spiro atoms. The summed E-state index contributed by atoms with van der Waals surface area (Å²) in [6, 6.07) is 11.1. The summed E-state index contributed by atoms with van der Waals surface area (Å²) in [6.45, 7) is 0.180. The molecule has 0 aromatic heterocycles. The fraction of sp³-hybridized carbons (Fsp3) is 0.133. The van der Waals surface area contributed by atoms with Crippen LogP contribution < -0.4 is 10.1 Å². The molecule has 0 saturated heterocycles. The Kier molecular flexibility index (Phi) is 5.59. The third kappa shape index (κ3) is 5.02. The zero-order valence-corrected chi connectivity index (χ0v) is 13.2. The fourth-order valence-electron chi connectivity index (χ4n) is 1.59. The lowest BCUT2D eigenvalue weighted by Crippen LogP contribution is -2.28. The number of rotatable bonds is 5. The average Bonchev–Trinajstić information content (AvgIpc) is 2.46. The summed E-state index contributed by atoms with van der Waals surface area (Å²) in [7, 11) is 0. The molecule has 3 nitrogen and oxygen atoms in total. The van der Waals surface area contributed by atoms with Crippen molar-refractivity contribution in [3.63, 3.8) is 0 Å². The first-order valence-corrected chi connectivity index (χ1v) is 7.30. The van der Waals surface area contributed by atoms with Crippen LogP contribution in [0.1, 0.15) is 5.56 Å². The summed E-state index contributed by atoms with van der Waals surface area (Å²) in [4.78, 5) is 11.7. The predicted octanol–water partition coefficient (Wildman–Crippen LogP) is 3.94. The molecule has 1 N–H and O–H groups in total. The van der Waals surface area contributed by atoms with Gasteiger partial charge in [-0.3, -0.25) is 4.79 Å². The first-order valence-electron chi connectivity index (χ1n) is 6.13. The van der Waals surface area contributed by atoms with Gasteiger partial charge in [-0.1, -0.05) is 39.7 Å². The van der Waals surface area contributed by atoms with Gasteiger partial charge >= 0.3 is 0 Å². The molecule has 0 heterocycles. The van der Waals surface area contributed by atoms with Crippen molar-refractivity contribution in [1.29, 1.82) is 0 Å². The Labute approximate surface area is 135 Å². The highest BCUT2D eigenvalue weighted by Crippen LogP contribution is 2.27. The number of amides is 1. The monoisotopic (exact) mass is 371 g/mol. The van der Waals surface area contributed by atoms with Crippen LogP contribution in [0.4, 0.5) is 4.39 Å². The van der Waals surface area contributed by atoms with Crippen molar-refractivity contribution < 1.29 is 13.9 Å². The molecule has 0 aliphatic carbocycles. The Morgan fingerprint density at radius 3 is 2.62 bits per heavy atom. The minimum atomic E-state index is -0.307. The Balaban J connectivity index is 1.80. The van der Waals surface area contributed by atoms with Gasteiger partial charge in [0.05, 0.1) is 5.02 Å². The van der Waals surface area contributed by atoms with Crippen LogP contribution in [0.2, 0.25) is 5.02 Å². The smallest absolute Gasteiger partial charge is 0.258 e. The Morgan fingerprint density at radius 1 is 1.24 bits per heavy atom. The average molecular weight is 373 g/mol. The molecule has 0 radical (unpaired) electrons. The molecule has 0 atom stereocenters. The van der Waals surface area contributed by atoms with Crippen molar-refractivity contribution in [3.05, 3.63) is 63.3 Å². The van der Waals surface area contributed by atoms with Crippen molar-refractivity contribution in [3.8, 4) is 5.75 Å². The van der Waals surface area contributed by atoms with Gasteiger partial charge in [-0.15, -0.1) is 0 Å². The van der Waals surface area contributed by atoms with Crippen molar-refractivity contribution in [2.24, 2.45) is 0 Å². The number of carbonyl (C=O) groups is 1. The van der Waals surface area contributed by atoms with E-state index in [9.17, 15) is 9.18 Å². The summed E-state index contributed by atoms with van der Waals surface area (Å²) in [5.74, 6) is -0.145. The minimum Gasteiger partial charge on any atom is -0.482 e. The van der Waals surface area contributed by atoms with E-state index in [1.807, 2.05) is 0 Å². The normalized spacial score (nSPS) is 10.2. The molecule has 0 aliphatic heterocycles. The highest BCUT2D eigenvalue weighted by atomic mass is 79.9. The van der Waals surface area contributed by atoms with Crippen molar-refractivity contribution in [2.75, 3.05) is 6.61 Å². The molecule has 2 aromatic rings. The number of hydrogen-bond acceptors (Lipinski definition) is 2. The van der Waals surface area contributed by atoms with Crippen molar-refractivity contribution in [1.82, 2.24) is 5.32 Å². The lowest BCUT2D eigenvalue weighted by molar-refractivity contribution is -0.123. The van der Waals surface area contributed by atoms with Crippen LogP contribution in [-0.4, -0.2) is 12.5 Å². The van der Waals surface area contributed by atoms with E-state index in [4.69, 9.17) is 16.3 Å². The van der Waals surface area contributed by atoms with Crippen LogP contribution in [-0.2, 0) is 11.3 Å². The van der Waals surface area contributed by atoms with E-state index >= 15 is 0 Å². The van der Waals surface area contributed by atoms with E-state index < -0.39 is 0 Å². The standard InChI is InChI=1S/C15H12BrClFNO2/c16-11-3-6-14(13(17)7-11)21-9-15(20)19-8-10-1-4-12(18)5-2-10/h1-7H,8-9H2,(H,19,20). The van der Waals surface area contributed by atoms with E-state index in [1.165, 1.54) is 12.1 Å². The maximum absolute atomic E-state index is 12.7. The van der Waals surface area contributed by atoms with Crippen LogP contribution in [0, 0.1) is 5.82 Å². The first-order chi connectivity index (χ1) is 10.0. The van der Waals surface area contributed by atoms with Gasteiger partial charge in [-0.2, -0.15) is 0 Å². The summed E-state index contributed by atoms with van der Waals surface area (Å²) < 4.78 is 18.9. The summed E-state index contributed by atoms with van der Waals surface area (Å²) in [6.07, 6.45) is 0. The SMILES string of the molecule is O=C(COc1ccc(Br)cc1Cl)NCc1ccc(F)cc1. The van der Waals surface area contributed by atoms with Gasteiger partial charge in [0.2, 0.25) is 0 Å². The number of halogens is 3. The second-order valence-electron chi connectivity index (χ2n) is 4.27. The molecule has 6 heteroatoms. The Hall–Kier alpha value is -1.59. The number of nitrogens with one attached hydrogen (secondary N) is 1. The Morgan fingerprint density at radius 2 is 1.95 bits per heavy atom. The van der Waals surface area contributed by atoms with Gasteiger partial charge in [0, 0.05) is 11.0 Å². The van der Waals surface area contributed by atoms with E-state index in [-0.39, 0.29) is 18.3 Å². The van der Waals surface area contributed by atoms with Crippen molar-refractivity contribution >= 4 is 33.4 Å². The van der Waals surface area contributed by atoms with Crippen LogP contribution in [0.15, 0.2) is 46.9 Å². The highest BCUT2D eigenvalue weighted by molar-refractivity contribution is 9.10. The second-order valence-corrected chi connectivity index (χ2v) is 5.59. The topological polar surface area (TPSA) is 38.3 Å². The fourth-order valence-corrected chi connectivity index (χ4v) is 2.32. The predicted molar refractivity (Wildman–Crippen MR) is 82.9 cm³/mol. The molecule has 21 heavy (non-hydrogen) atoms. The quantitative estimate of drug-likeness (QED) is 0.863. The minimum absolute atomic E-state index is 0.136. The molecule has 0 saturated carbocycles. The van der Waals surface area contributed by atoms with Crippen LogP contribution >= 0.6 is 27.5 Å². The largest absolute Gasteiger partial charge is 0.482 e. The van der Waals surface area contributed by atoms with Gasteiger partial charge in [0.15, 0.2) is 6.61 Å². The third-order valence-electron chi connectivity index (χ3n) is 2.66. The Bertz CT molecular complexity index is 634. The van der Waals surface area contributed by atoms with Crippen LogP contribution in [0.3, 0.4) is 0 Å². The molecule has 1 amide bonds. The van der Waals surface area contributed by atoms with E-state index in [0.717, 1.165) is 10.0 Å². The number of ether oxygens (including phenoxy) is 1. The van der Waals surface area contributed by atoms with Crippen LogP contribution in [0.5, 0.6) is 5.75 Å². The molecule has 0 fully saturated rings. The van der Waals surface area contributed by atoms with Gasteiger partial charge < -0.3 is 10.1 Å². The lowest BCUT2D eigenvalue weighted by atomic mass is 10.2. The van der Waals surface area contributed by atoms with E-state index in [2.05, 4.69) is 21.2 Å². The van der Waals surface area contributed by atoms with E-state index in [0.29, 0.717) is 17.3 Å². The maximum Gasteiger partial charge on any atom is 0.258 e. The number of hydrogen-bond donors (Lipinski definition) is 1. The molecule has 110 valence electrons. The van der Waals surface area contributed by atoms with E-state index in [1.54, 1.807) is 30.3 Å². The second kappa shape index (κ2) is 7.43. The third-order valence-corrected chi connectivity index (χ3v) is 3.44. The summed E-state index contributed by atoms with van der Waals surface area (Å²) in [5, 5.41) is 3.11. The molecule has 0 bridgehead atoms. The molecule has 2 rings (SSSR count). The first kappa shape index (κ1) is 15.8. The van der Waals surface area contributed by atoms with Crippen LogP contribution in [0.25, 0.3) is 0 Å². The number of benzene rings is 2. The van der Waals surface area contributed by atoms with Gasteiger partial charge in [0.25, 0.3) is 5.91 Å². The van der Waals surface area contributed by atoms with Gasteiger partial charge in [-0.05, 0) is 35.9 Å². The molecular weight excluding hydrogens is 361 g/mol.